The van der Waals surface area contributed by atoms with Gasteiger partial charge in [-0.25, -0.2) is 4.79 Å². The third-order valence-corrected chi connectivity index (χ3v) is 5.56. The summed E-state index contributed by atoms with van der Waals surface area (Å²) >= 11 is 0. The number of ether oxygens (including phenoxy) is 2. The molecule has 0 bridgehead atoms. The average molecular weight is 450 g/mol. The molecule has 2 atom stereocenters. The molecule has 0 aliphatic carbocycles. The standard InChI is InChI=1S/C26H31N3O4/c1-19(2)15-23(33-25(31)29-14-13-21-11-7-8-12-22(21)16-29)24(30)28-26(3,18-27)32-17-20-9-5-4-6-10-20/h4-12,19,23H,13-17H2,1-3H3,(H,28,30). The van der Waals surface area contributed by atoms with Crippen molar-refractivity contribution in [2.24, 2.45) is 5.92 Å². The maximum atomic E-state index is 13.0. The molecule has 2 aromatic carbocycles. The lowest BCUT2D eigenvalue weighted by Gasteiger charge is -2.31. The summed E-state index contributed by atoms with van der Waals surface area (Å²) in [5.41, 5.74) is 1.62. The van der Waals surface area contributed by atoms with E-state index in [9.17, 15) is 14.9 Å². The van der Waals surface area contributed by atoms with E-state index in [2.05, 4.69) is 11.4 Å². The van der Waals surface area contributed by atoms with E-state index < -0.39 is 23.8 Å². The molecule has 0 aromatic heterocycles. The van der Waals surface area contributed by atoms with Crippen LogP contribution in [0.3, 0.4) is 0 Å². The minimum absolute atomic E-state index is 0.106. The van der Waals surface area contributed by atoms with Crippen LogP contribution in [-0.4, -0.2) is 35.3 Å². The van der Waals surface area contributed by atoms with Crippen molar-refractivity contribution in [1.29, 1.82) is 5.26 Å². The van der Waals surface area contributed by atoms with Crippen molar-refractivity contribution < 1.29 is 19.1 Å². The summed E-state index contributed by atoms with van der Waals surface area (Å²) < 4.78 is 11.3. The molecule has 7 nitrogen and oxygen atoms in total. The molecule has 0 saturated carbocycles. The van der Waals surface area contributed by atoms with Crippen molar-refractivity contribution >= 4 is 12.0 Å². The zero-order valence-electron chi connectivity index (χ0n) is 19.4. The maximum absolute atomic E-state index is 13.0. The second kappa shape index (κ2) is 11.0. The second-order valence-electron chi connectivity index (χ2n) is 8.85. The van der Waals surface area contributed by atoms with Gasteiger partial charge in [-0.15, -0.1) is 0 Å². The normalized spacial score (nSPS) is 15.7. The third kappa shape index (κ3) is 6.80. The van der Waals surface area contributed by atoms with E-state index in [1.807, 2.05) is 68.4 Å². The van der Waals surface area contributed by atoms with Gasteiger partial charge in [0.05, 0.1) is 6.61 Å². The fourth-order valence-electron chi connectivity index (χ4n) is 3.70. The number of fused-ring (bicyclic) bond motifs is 1. The number of carbonyl (C=O) groups is 2. The summed E-state index contributed by atoms with van der Waals surface area (Å²) in [5.74, 6) is -0.444. The Kier molecular flexibility index (Phi) is 8.07. The molecule has 1 heterocycles. The highest BCUT2D eigenvalue weighted by molar-refractivity contribution is 5.84. The Morgan fingerprint density at radius 1 is 1.12 bits per heavy atom. The van der Waals surface area contributed by atoms with Crippen LogP contribution in [0, 0.1) is 17.2 Å². The van der Waals surface area contributed by atoms with Gasteiger partial charge in [0.25, 0.3) is 5.91 Å². The third-order valence-electron chi connectivity index (χ3n) is 5.56. The van der Waals surface area contributed by atoms with Crippen LogP contribution in [0.5, 0.6) is 0 Å². The number of amides is 2. The van der Waals surface area contributed by atoms with Crippen LogP contribution >= 0.6 is 0 Å². The summed E-state index contributed by atoms with van der Waals surface area (Å²) in [7, 11) is 0. The Balaban J connectivity index is 1.64. The van der Waals surface area contributed by atoms with Crippen LogP contribution in [-0.2, 0) is 33.8 Å². The van der Waals surface area contributed by atoms with Crippen molar-refractivity contribution in [2.45, 2.75) is 58.6 Å². The van der Waals surface area contributed by atoms with E-state index in [1.165, 1.54) is 12.5 Å². The van der Waals surface area contributed by atoms with Crippen molar-refractivity contribution in [3.8, 4) is 6.07 Å². The molecular formula is C26H31N3O4. The topological polar surface area (TPSA) is 91.7 Å². The van der Waals surface area contributed by atoms with E-state index in [1.54, 1.807) is 4.90 Å². The van der Waals surface area contributed by atoms with Gasteiger partial charge in [-0.3, -0.25) is 4.79 Å². The van der Waals surface area contributed by atoms with E-state index in [4.69, 9.17) is 9.47 Å². The van der Waals surface area contributed by atoms with Crippen LogP contribution < -0.4 is 5.32 Å². The van der Waals surface area contributed by atoms with Gasteiger partial charge >= 0.3 is 6.09 Å². The van der Waals surface area contributed by atoms with Gasteiger partial charge in [-0.05, 0) is 42.4 Å². The van der Waals surface area contributed by atoms with Crippen molar-refractivity contribution in [1.82, 2.24) is 10.2 Å². The number of benzene rings is 2. The van der Waals surface area contributed by atoms with Gasteiger partial charge in [0.15, 0.2) is 6.10 Å². The SMILES string of the molecule is CC(C)CC(OC(=O)N1CCc2ccccc2C1)C(=O)NC(C)(C#N)OCc1ccccc1. The molecule has 1 aliphatic heterocycles. The van der Waals surface area contributed by atoms with Gasteiger partial charge in [-0.2, -0.15) is 5.26 Å². The number of carbonyl (C=O) groups excluding carboxylic acids is 2. The quantitative estimate of drug-likeness (QED) is 0.611. The maximum Gasteiger partial charge on any atom is 0.410 e. The monoisotopic (exact) mass is 449 g/mol. The molecule has 174 valence electrons. The first kappa shape index (κ1) is 24.3. The number of rotatable bonds is 8. The Bertz CT molecular complexity index is 1000. The number of nitriles is 1. The van der Waals surface area contributed by atoms with Gasteiger partial charge in [0.1, 0.15) is 6.07 Å². The molecule has 0 saturated heterocycles. The van der Waals surface area contributed by atoms with Crippen LogP contribution in [0.1, 0.15) is 43.9 Å². The van der Waals surface area contributed by atoms with Crippen LogP contribution in [0.4, 0.5) is 4.79 Å². The van der Waals surface area contributed by atoms with Crippen LogP contribution in [0.25, 0.3) is 0 Å². The lowest BCUT2D eigenvalue weighted by molar-refractivity contribution is -0.139. The molecule has 0 spiro atoms. The first-order valence-electron chi connectivity index (χ1n) is 11.2. The highest BCUT2D eigenvalue weighted by Gasteiger charge is 2.34. The number of hydrogen-bond acceptors (Lipinski definition) is 5. The number of nitrogens with one attached hydrogen (secondary N) is 1. The Labute approximate surface area is 195 Å². The number of hydrogen-bond donors (Lipinski definition) is 1. The molecule has 33 heavy (non-hydrogen) atoms. The molecule has 0 fully saturated rings. The van der Waals surface area contributed by atoms with E-state index in [0.717, 1.165) is 17.5 Å². The Morgan fingerprint density at radius 2 is 1.79 bits per heavy atom. The molecule has 1 aliphatic rings. The Hall–Kier alpha value is -3.37. The minimum Gasteiger partial charge on any atom is -0.436 e. The second-order valence-corrected chi connectivity index (χ2v) is 8.85. The highest BCUT2D eigenvalue weighted by Crippen LogP contribution is 2.21. The van der Waals surface area contributed by atoms with Crippen LogP contribution in [0.15, 0.2) is 54.6 Å². The van der Waals surface area contributed by atoms with Gasteiger partial charge in [0.2, 0.25) is 5.72 Å². The van der Waals surface area contributed by atoms with Crippen molar-refractivity contribution in [3.63, 3.8) is 0 Å². The summed E-state index contributed by atoms with van der Waals surface area (Å²) in [6.45, 7) is 6.51. The summed E-state index contributed by atoms with van der Waals surface area (Å²) in [5, 5.41) is 12.3. The minimum atomic E-state index is -1.56. The highest BCUT2D eigenvalue weighted by atomic mass is 16.6. The first-order chi connectivity index (χ1) is 15.8. The van der Waals surface area contributed by atoms with Crippen molar-refractivity contribution in [3.05, 3.63) is 71.3 Å². The van der Waals surface area contributed by atoms with E-state index in [-0.39, 0.29) is 12.5 Å². The largest absolute Gasteiger partial charge is 0.436 e. The summed E-state index contributed by atoms with van der Waals surface area (Å²) in [6, 6.07) is 19.4. The fraction of sp³-hybridized carbons (Fsp3) is 0.423. The molecular weight excluding hydrogens is 418 g/mol. The molecule has 2 unspecified atom stereocenters. The molecule has 3 rings (SSSR count). The molecule has 1 N–H and O–H groups in total. The zero-order valence-corrected chi connectivity index (χ0v) is 19.4. The lowest BCUT2D eigenvalue weighted by atomic mass is 10.0. The zero-order chi connectivity index (χ0) is 23.8. The van der Waals surface area contributed by atoms with Gasteiger partial charge in [-0.1, -0.05) is 68.4 Å². The molecule has 0 radical (unpaired) electrons. The van der Waals surface area contributed by atoms with Gasteiger partial charge < -0.3 is 19.7 Å². The fourth-order valence-corrected chi connectivity index (χ4v) is 3.70. The summed E-state index contributed by atoms with van der Waals surface area (Å²) in [6.07, 6.45) is -0.481. The average Bonchev–Trinajstić information content (AvgIpc) is 2.82. The van der Waals surface area contributed by atoms with E-state index in [0.29, 0.717) is 19.5 Å². The Morgan fingerprint density at radius 3 is 2.45 bits per heavy atom. The molecule has 2 aromatic rings. The van der Waals surface area contributed by atoms with Crippen molar-refractivity contribution in [2.75, 3.05) is 6.54 Å². The summed E-state index contributed by atoms with van der Waals surface area (Å²) in [4.78, 5) is 27.5. The number of nitrogens with zero attached hydrogens (tertiary/aromatic N) is 2. The van der Waals surface area contributed by atoms with Gasteiger partial charge in [0, 0.05) is 13.1 Å². The smallest absolute Gasteiger partial charge is 0.410 e. The predicted molar refractivity (Wildman–Crippen MR) is 124 cm³/mol. The van der Waals surface area contributed by atoms with Crippen LogP contribution in [0.2, 0.25) is 0 Å². The predicted octanol–water partition coefficient (Wildman–Crippen LogP) is 4.17. The lowest BCUT2D eigenvalue weighted by Crippen LogP contribution is -2.52. The first-order valence-corrected chi connectivity index (χ1v) is 11.2. The molecule has 2 amide bonds. The molecule has 7 heteroatoms. The van der Waals surface area contributed by atoms with E-state index >= 15 is 0 Å².